The van der Waals surface area contributed by atoms with Gasteiger partial charge in [-0.05, 0) is 56.6 Å². The van der Waals surface area contributed by atoms with Crippen LogP contribution >= 0.6 is 12.4 Å². The van der Waals surface area contributed by atoms with Crippen LogP contribution in [-0.4, -0.2) is 39.5 Å². The molecule has 7 heteroatoms. The van der Waals surface area contributed by atoms with E-state index >= 15 is 0 Å². The molecule has 158 valence electrons. The quantitative estimate of drug-likeness (QED) is 0.681. The fourth-order valence-electron chi connectivity index (χ4n) is 4.03. The Morgan fingerprint density at radius 3 is 2.77 bits per heavy atom. The molecule has 30 heavy (non-hydrogen) atoms. The van der Waals surface area contributed by atoms with E-state index in [4.69, 9.17) is 0 Å². The van der Waals surface area contributed by atoms with Gasteiger partial charge in [0.25, 0.3) is 0 Å². The van der Waals surface area contributed by atoms with Crippen LogP contribution in [0, 0.1) is 0 Å². The number of nitrogens with one attached hydrogen (secondary N) is 1. The van der Waals surface area contributed by atoms with E-state index in [1.807, 2.05) is 45.9 Å². The first-order valence-electron chi connectivity index (χ1n) is 10.2. The number of benzene rings is 1. The lowest BCUT2D eigenvalue weighted by Crippen LogP contribution is -2.42. The van der Waals surface area contributed by atoms with Crippen molar-refractivity contribution in [3.05, 3.63) is 76.8 Å². The second-order valence-electron chi connectivity index (χ2n) is 7.50. The number of amides is 1. The summed E-state index contributed by atoms with van der Waals surface area (Å²) in [6, 6.07) is 15.0. The molecule has 0 bridgehead atoms. The van der Waals surface area contributed by atoms with Gasteiger partial charge in [-0.1, -0.05) is 18.2 Å². The van der Waals surface area contributed by atoms with Gasteiger partial charge in [0, 0.05) is 29.9 Å². The molecule has 1 aliphatic heterocycles. The van der Waals surface area contributed by atoms with Crippen molar-refractivity contribution < 1.29 is 4.79 Å². The summed E-state index contributed by atoms with van der Waals surface area (Å²) in [4.78, 5) is 32.0. The molecule has 1 saturated heterocycles. The number of carbonyl (C=O) groups excluding carboxylic acids is 1. The van der Waals surface area contributed by atoms with E-state index < -0.39 is 0 Å². The zero-order valence-corrected chi connectivity index (χ0v) is 17.7. The fourth-order valence-corrected chi connectivity index (χ4v) is 4.03. The molecule has 1 atom stereocenters. The first-order valence-corrected chi connectivity index (χ1v) is 10.2. The van der Waals surface area contributed by atoms with Gasteiger partial charge in [-0.25, -0.2) is 0 Å². The lowest BCUT2D eigenvalue weighted by atomic mass is 10.1. The summed E-state index contributed by atoms with van der Waals surface area (Å²) in [6.45, 7) is 2.62. The normalized spacial score (nSPS) is 16.5. The van der Waals surface area contributed by atoms with Crippen LogP contribution in [0.2, 0.25) is 0 Å². The van der Waals surface area contributed by atoms with Crippen molar-refractivity contribution in [1.82, 2.24) is 19.8 Å². The molecule has 1 N–H and O–H groups in total. The highest BCUT2D eigenvalue weighted by Crippen LogP contribution is 2.18. The monoisotopic (exact) mass is 426 g/mol. The summed E-state index contributed by atoms with van der Waals surface area (Å²) < 4.78 is 1.87. The minimum Gasteiger partial charge on any atom is -0.338 e. The number of rotatable bonds is 5. The zero-order chi connectivity index (χ0) is 20.1. The van der Waals surface area contributed by atoms with E-state index in [2.05, 4.69) is 10.3 Å². The average molecular weight is 427 g/mol. The number of halogens is 1. The highest BCUT2D eigenvalue weighted by molar-refractivity contribution is 5.85. The van der Waals surface area contributed by atoms with Crippen LogP contribution in [0.1, 0.15) is 25.0 Å². The predicted molar refractivity (Wildman–Crippen MR) is 121 cm³/mol. The maximum Gasteiger partial charge on any atom is 0.243 e. The highest BCUT2D eigenvalue weighted by Gasteiger charge is 2.25. The van der Waals surface area contributed by atoms with E-state index in [9.17, 15) is 9.59 Å². The molecule has 1 aromatic carbocycles. The number of pyridine rings is 2. The Kier molecular flexibility index (Phi) is 7.60. The van der Waals surface area contributed by atoms with Gasteiger partial charge in [0.15, 0.2) is 5.43 Å². The second kappa shape index (κ2) is 10.4. The zero-order valence-electron chi connectivity index (χ0n) is 16.9. The van der Waals surface area contributed by atoms with Crippen molar-refractivity contribution >= 4 is 29.2 Å². The van der Waals surface area contributed by atoms with Crippen LogP contribution < -0.4 is 10.7 Å². The molecule has 0 aliphatic carbocycles. The Bertz CT molecular complexity index is 1030. The van der Waals surface area contributed by atoms with Crippen molar-refractivity contribution in [3.63, 3.8) is 0 Å². The highest BCUT2D eigenvalue weighted by atomic mass is 35.5. The fraction of sp³-hybridized carbons (Fsp3) is 0.348. The van der Waals surface area contributed by atoms with Crippen LogP contribution in [0.3, 0.4) is 0 Å². The summed E-state index contributed by atoms with van der Waals surface area (Å²) in [6.07, 6.45) is 6.45. The summed E-state index contributed by atoms with van der Waals surface area (Å²) >= 11 is 0. The lowest BCUT2D eigenvalue weighted by molar-refractivity contribution is -0.135. The number of hydrogen-bond donors (Lipinski definition) is 1. The van der Waals surface area contributed by atoms with E-state index in [0.29, 0.717) is 11.9 Å². The van der Waals surface area contributed by atoms with E-state index in [-0.39, 0.29) is 36.3 Å². The smallest absolute Gasteiger partial charge is 0.243 e. The second-order valence-corrected chi connectivity index (χ2v) is 7.50. The Labute approximate surface area is 182 Å². The molecule has 6 nitrogen and oxygen atoms in total. The van der Waals surface area contributed by atoms with Gasteiger partial charge in [0.1, 0.15) is 6.54 Å². The Balaban J connectivity index is 0.00000256. The van der Waals surface area contributed by atoms with E-state index in [1.165, 1.54) is 6.07 Å². The third-order valence-electron chi connectivity index (χ3n) is 5.56. The molecule has 2 aromatic heterocycles. The number of nitrogens with zero attached hydrogens (tertiary/aromatic N) is 3. The van der Waals surface area contributed by atoms with Gasteiger partial charge in [-0.15, -0.1) is 12.4 Å². The van der Waals surface area contributed by atoms with Crippen LogP contribution in [0.15, 0.2) is 65.7 Å². The molecule has 0 radical (unpaired) electrons. The van der Waals surface area contributed by atoms with Crippen molar-refractivity contribution in [3.8, 4) is 0 Å². The maximum absolute atomic E-state index is 13.4. The first-order chi connectivity index (χ1) is 14.2. The van der Waals surface area contributed by atoms with Crippen LogP contribution in [0.4, 0.5) is 0 Å². The maximum atomic E-state index is 13.4. The van der Waals surface area contributed by atoms with Gasteiger partial charge in [0.2, 0.25) is 5.91 Å². The minimum absolute atomic E-state index is 0. The molecule has 1 aliphatic rings. The standard InChI is InChI=1S/C23H26N4O2.ClH/c28-22-11-15-26(21-9-2-1-8-20(21)22)17-23(29)27(16-18-6-3-4-13-25-18)19-7-5-12-24-14-10-19;/h1-4,6,8-9,11,13,15,19,24H,5,7,10,12,14,16-17H2;1H. The molecular formula is C23H27ClN4O2. The topological polar surface area (TPSA) is 67.2 Å². The Morgan fingerprint density at radius 1 is 1.10 bits per heavy atom. The van der Waals surface area contributed by atoms with Crippen molar-refractivity contribution in [2.45, 2.75) is 38.4 Å². The van der Waals surface area contributed by atoms with Crippen LogP contribution in [-0.2, 0) is 17.9 Å². The van der Waals surface area contributed by atoms with Crippen molar-refractivity contribution in [2.75, 3.05) is 13.1 Å². The number of hydrogen-bond acceptors (Lipinski definition) is 4. The Hall–Kier alpha value is -2.70. The SMILES string of the molecule is Cl.O=C(Cn1ccc(=O)c2ccccc21)N(Cc1ccccn1)C1CCCNCC1. The number of carbonyl (C=O) groups is 1. The molecule has 4 rings (SSSR count). The molecule has 1 fully saturated rings. The van der Waals surface area contributed by atoms with E-state index in [1.54, 1.807) is 18.5 Å². The van der Waals surface area contributed by atoms with Crippen molar-refractivity contribution in [2.24, 2.45) is 0 Å². The van der Waals surface area contributed by atoms with Crippen LogP contribution in [0.5, 0.6) is 0 Å². The molecule has 3 aromatic rings. The molecule has 3 heterocycles. The first kappa shape index (κ1) is 22.0. The number of aromatic nitrogens is 2. The number of para-hydroxylation sites is 1. The van der Waals surface area contributed by atoms with Gasteiger partial charge in [-0.3, -0.25) is 14.6 Å². The third kappa shape index (κ3) is 5.07. The van der Waals surface area contributed by atoms with Gasteiger partial charge < -0.3 is 14.8 Å². The summed E-state index contributed by atoms with van der Waals surface area (Å²) in [7, 11) is 0. The molecule has 0 spiro atoms. The van der Waals surface area contributed by atoms with Crippen LogP contribution in [0.25, 0.3) is 10.9 Å². The number of fused-ring (bicyclic) bond motifs is 1. The Morgan fingerprint density at radius 2 is 1.93 bits per heavy atom. The van der Waals surface area contributed by atoms with Gasteiger partial charge in [-0.2, -0.15) is 0 Å². The summed E-state index contributed by atoms with van der Waals surface area (Å²) in [5.41, 5.74) is 1.65. The third-order valence-corrected chi connectivity index (χ3v) is 5.56. The lowest BCUT2D eigenvalue weighted by Gasteiger charge is -2.31. The minimum atomic E-state index is -0.0236. The molecule has 0 saturated carbocycles. The molecule has 1 unspecified atom stereocenters. The summed E-state index contributed by atoms with van der Waals surface area (Å²) in [5, 5.41) is 4.06. The average Bonchev–Trinajstić information content (AvgIpc) is 3.04. The largest absolute Gasteiger partial charge is 0.338 e. The van der Waals surface area contributed by atoms with Crippen molar-refractivity contribution in [1.29, 1.82) is 0 Å². The van der Waals surface area contributed by atoms with Gasteiger partial charge in [0.05, 0.1) is 17.8 Å². The molecular weight excluding hydrogens is 400 g/mol. The predicted octanol–water partition coefficient (Wildman–Crippen LogP) is 2.99. The molecule has 1 amide bonds. The summed E-state index contributed by atoms with van der Waals surface area (Å²) in [5.74, 6) is 0.0522. The van der Waals surface area contributed by atoms with Gasteiger partial charge >= 0.3 is 0 Å². The van der Waals surface area contributed by atoms with E-state index in [0.717, 1.165) is 43.6 Å².